The van der Waals surface area contributed by atoms with Crippen molar-refractivity contribution in [3.63, 3.8) is 0 Å². The zero-order valence-electron chi connectivity index (χ0n) is 13.8. The molecule has 1 fully saturated rings. The molecule has 0 radical (unpaired) electrons. The molecule has 4 rings (SSSR count). The zero-order chi connectivity index (χ0) is 17.2. The molecule has 1 aliphatic heterocycles. The Labute approximate surface area is 150 Å². The van der Waals surface area contributed by atoms with Crippen molar-refractivity contribution in [2.75, 3.05) is 24.6 Å². The summed E-state index contributed by atoms with van der Waals surface area (Å²) in [6, 6.07) is 10.3. The second kappa shape index (κ2) is 7.03. The number of nitrogen functional groups attached to an aromatic ring is 1. The number of nitrogens with two attached hydrogens (primary N) is 1. The Kier molecular flexibility index (Phi) is 4.61. The minimum absolute atomic E-state index is 0.273. The number of benzene rings is 1. The second-order valence-electron chi connectivity index (χ2n) is 6.44. The summed E-state index contributed by atoms with van der Waals surface area (Å²) in [5, 5.41) is 10.4. The van der Waals surface area contributed by atoms with Crippen LogP contribution < -0.4 is 5.73 Å². The maximum absolute atomic E-state index is 10.4. The summed E-state index contributed by atoms with van der Waals surface area (Å²) >= 11 is 1.81. The van der Waals surface area contributed by atoms with Gasteiger partial charge in [0.2, 0.25) is 0 Å². The first kappa shape index (κ1) is 16.4. The third kappa shape index (κ3) is 3.49. The first-order valence-corrected chi connectivity index (χ1v) is 9.34. The average molecular weight is 355 g/mol. The van der Waals surface area contributed by atoms with Crippen molar-refractivity contribution in [1.82, 2.24) is 19.9 Å². The molecule has 1 saturated heterocycles. The number of hydrogen-bond donors (Lipinski definition) is 3. The van der Waals surface area contributed by atoms with Crippen molar-refractivity contribution in [2.45, 2.75) is 17.5 Å². The molecule has 0 unspecified atom stereocenters. The maximum Gasteiger partial charge on any atom is 0.151 e. The molecule has 0 amide bonds. The number of rotatable bonds is 5. The van der Waals surface area contributed by atoms with Gasteiger partial charge < -0.3 is 15.8 Å². The lowest BCUT2D eigenvalue weighted by atomic mass is 10.1. The molecule has 2 atom stereocenters. The number of β-amino-alcohol motifs (C(OH)–C–C–N with tert-alkyl or cyclic N) is 1. The number of H-pyrrole nitrogens is 1. The largest absolute Gasteiger partial charge is 0.391 e. The normalized spacial score (nSPS) is 21.2. The van der Waals surface area contributed by atoms with Crippen LogP contribution in [0.3, 0.4) is 0 Å². The number of nitrogens with one attached hydrogen (secondary N) is 1. The van der Waals surface area contributed by atoms with Crippen LogP contribution in [-0.2, 0) is 6.54 Å². The van der Waals surface area contributed by atoms with Crippen LogP contribution in [0.25, 0.3) is 11.0 Å². The van der Waals surface area contributed by atoms with Gasteiger partial charge >= 0.3 is 0 Å². The van der Waals surface area contributed by atoms with E-state index in [9.17, 15) is 5.11 Å². The molecule has 7 heteroatoms. The maximum atomic E-state index is 10.4. The molecule has 4 N–H and O–H groups in total. The predicted octanol–water partition coefficient (Wildman–Crippen LogP) is 2.13. The van der Waals surface area contributed by atoms with E-state index in [1.807, 2.05) is 24.4 Å². The fourth-order valence-corrected chi connectivity index (χ4v) is 4.41. The topological polar surface area (TPSA) is 91.1 Å². The minimum Gasteiger partial charge on any atom is -0.391 e. The first-order valence-electron chi connectivity index (χ1n) is 8.35. The smallest absolute Gasteiger partial charge is 0.151 e. The van der Waals surface area contributed by atoms with E-state index in [0.717, 1.165) is 35.4 Å². The summed E-state index contributed by atoms with van der Waals surface area (Å²) in [7, 11) is 0. The molecule has 0 spiro atoms. The molecule has 3 aromatic rings. The van der Waals surface area contributed by atoms with E-state index in [1.54, 1.807) is 11.8 Å². The number of thioether (sulfide) groups is 1. The lowest BCUT2D eigenvalue weighted by Gasteiger charge is -2.15. The molecule has 6 nitrogen and oxygen atoms in total. The van der Waals surface area contributed by atoms with Crippen molar-refractivity contribution in [2.24, 2.45) is 5.92 Å². The molecular weight excluding hydrogens is 334 g/mol. The van der Waals surface area contributed by atoms with Gasteiger partial charge in [0.25, 0.3) is 0 Å². The molecule has 25 heavy (non-hydrogen) atoms. The van der Waals surface area contributed by atoms with Gasteiger partial charge in [-0.15, -0.1) is 11.8 Å². The minimum atomic E-state index is -0.291. The van der Waals surface area contributed by atoms with Crippen LogP contribution in [0, 0.1) is 5.92 Å². The number of aliphatic hydroxyl groups is 1. The molecule has 0 bridgehead atoms. The van der Waals surface area contributed by atoms with Gasteiger partial charge in [-0.1, -0.05) is 18.2 Å². The summed E-state index contributed by atoms with van der Waals surface area (Å²) in [6.07, 6.45) is 3.14. The Hall–Kier alpha value is -2.09. The molecular formula is C18H21N5OS. The molecule has 1 aromatic carbocycles. The van der Waals surface area contributed by atoms with Crippen LogP contribution in [0.5, 0.6) is 0 Å². The summed E-state index contributed by atoms with van der Waals surface area (Å²) in [6.45, 7) is 2.32. The highest BCUT2D eigenvalue weighted by atomic mass is 32.2. The summed E-state index contributed by atoms with van der Waals surface area (Å²) in [4.78, 5) is 15.0. The van der Waals surface area contributed by atoms with Gasteiger partial charge in [-0.2, -0.15) is 0 Å². The average Bonchev–Trinajstić information content (AvgIpc) is 3.19. The van der Waals surface area contributed by atoms with Crippen molar-refractivity contribution >= 4 is 28.6 Å². The number of hydrogen-bond acceptors (Lipinski definition) is 6. The third-order valence-electron chi connectivity index (χ3n) is 4.65. The lowest BCUT2D eigenvalue weighted by Crippen LogP contribution is -2.21. The molecule has 0 aliphatic carbocycles. The fraction of sp³-hybridized carbons (Fsp3) is 0.333. The zero-order valence-corrected chi connectivity index (χ0v) is 14.6. The van der Waals surface area contributed by atoms with Crippen molar-refractivity contribution in [1.29, 1.82) is 0 Å². The number of aromatic amines is 1. The highest BCUT2D eigenvalue weighted by Crippen LogP contribution is 2.28. The van der Waals surface area contributed by atoms with Crippen molar-refractivity contribution in [3.05, 3.63) is 48.4 Å². The monoisotopic (exact) mass is 355 g/mol. The molecule has 130 valence electrons. The van der Waals surface area contributed by atoms with Gasteiger partial charge in [0.05, 0.1) is 11.6 Å². The van der Waals surface area contributed by atoms with Crippen LogP contribution in [0.1, 0.15) is 5.56 Å². The Bertz CT molecular complexity index is 853. The van der Waals surface area contributed by atoms with E-state index in [2.05, 4.69) is 32.0 Å². The van der Waals surface area contributed by atoms with E-state index < -0.39 is 0 Å². The molecule has 1 aliphatic rings. The summed E-state index contributed by atoms with van der Waals surface area (Å²) in [5.74, 6) is 1.66. The van der Waals surface area contributed by atoms with E-state index in [0.29, 0.717) is 12.4 Å². The Morgan fingerprint density at radius 1 is 1.24 bits per heavy atom. The van der Waals surface area contributed by atoms with Crippen molar-refractivity contribution < 1.29 is 5.11 Å². The third-order valence-corrected chi connectivity index (χ3v) is 5.86. The lowest BCUT2D eigenvalue weighted by molar-refractivity contribution is 0.149. The second-order valence-corrected chi connectivity index (χ2v) is 7.54. The van der Waals surface area contributed by atoms with Gasteiger partial charge in [-0.25, -0.2) is 9.97 Å². The van der Waals surface area contributed by atoms with Gasteiger partial charge in [-0.05, 0) is 12.1 Å². The van der Waals surface area contributed by atoms with E-state index >= 15 is 0 Å². The number of aliphatic hydroxyl groups excluding tert-OH is 1. The number of nitrogens with zero attached hydrogens (tertiary/aromatic N) is 3. The van der Waals surface area contributed by atoms with Gasteiger partial charge in [0.1, 0.15) is 11.8 Å². The quantitative estimate of drug-likeness (QED) is 0.607. The van der Waals surface area contributed by atoms with E-state index in [-0.39, 0.29) is 12.0 Å². The highest BCUT2D eigenvalue weighted by Gasteiger charge is 2.31. The predicted molar refractivity (Wildman–Crippen MR) is 100 cm³/mol. The number of aromatic nitrogens is 3. The number of anilines is 1. The van der Waals surface area contributed by atoms with E-state index in [4.69, 9.17) is 5.73 Å². The summed E-state index contributed by atoms with van der Waals surface area (Å²) in [5.41, 5.74) is 8.62. The SMILES string of the molecule is Nc1ncnc2c(CN3C[C@H](CSc4ccccc4)[C@@H](O)C3)c[nH]c12. The molecule has 0 saturated carbocycles. The van der Waals surface area contributed by atoms with Crippen molar-refractivity contribution in [3.8, 4) is 0 Å². The fourth-order valence-electron chi connectivity index (χ4n) is 3.33. The van der Waals surface area contributed by atoms with Crippen LogP contribution in [0.2, 0.25) is 0 Å². The van der Waals surface area contributed by atoms with Crippen LogP contribution in [0.4, 0.5) is 5.82 Å². The summed E-state index contributed by atoms with van der Waals surface area (Å²) < 4.78 is 0. The van der Waals surface area contributed by atoms with Gasteiger partial charge in [0.15, 0.2) is 5.82 Å². The first-order chi connectivity index (χ1) is 12.2. The molecule has 3 heterocycles. The highest BCUT2D eigenvalue weighted by molar-refractivity contribution is 7.99. The van der Waals surface area contributed by atoms with Crippen LogP contribution in [-0.4, -0.2) is 49.9 Å². The van der Waals surface area contributed by atoms with Crippen LogP contribution in [0.15, 0.2) is 47.8 Å². The van der Waals surface area contributed by atoms with Crippen LogP contribution >= 0.6 is 11.8 Å². The Balaban J connectivity index is 1.40. The van der Waals surface area contributed by atoms with Gasteiger partial charge in [0, 0.05) is 48.0 Å². The standard InChI is InChI=1S/C18H21N5OS/c19-18-17-16(21-11-22-18)12(6-20-17)7-23-8-13(15(24)9-23)10-25-14-4-2-1-3-5-14/h1-6,11,13,15,20,24H,7-10H2,(H2,19,21,22)/t13-,15+/m1/s1. The van der Waals surface area contributed by atoms with Gasteiger partial charge in [-0.3, -0.25) is 4.90 Å². The Morgan fingerprint density at radius 2 is 2.08 bits per heavy atom. The molecule has 2 aromatic heterocycles. The number of fused-ring (bicyclic) bond motifs is 1. The Morgan fingerprint density at radius 3 is 2.92 bits per heavy atom. The van der Waals surface area contributed by atoms with E-state index in [1.165, 1.54) is 11.2 Å². The number of likely N-dealkylation sites (tertiary alicyclic amines) is 1.